The molecule has 4 heteroatoms. The zero-order valence-electron chi connectivity index (χ0n) is 13.0. The number of methoxy groups -OCH3 is 1. The second kappa shape index (κ2) is 8.03. The van der Waals surface area contributed by atoms with Crippen LogP contribution in [0.2, 0.25) is 0 Å². The van der Waals surface area contributed by atoms with Crippen molar-refractivity contribution in [2.24, 2.45) is 5.92 Å². The summed E-state index contributed by atoms with van der Waals surface area (Å²) in [6.45, 7) is 2.61. The summed E-state index contributed by atoms with van der Waals surface area (Å²) < 4.78 is 5.23. The number of benzene rings is 1. The maximum absolute atomic E-state index is 12.0. The number of amides is 1. The molecule has 21 heavy (non-hydrogen) atoms. The van der Waals surface area contributed by atoms with Gasteiger partial charge in [-0.25, -0.2) is 0 Å². The molecule has 1 aliphatic rings. The molecule has 0 spiro atoms. The Balaban J connectivity index is 1.79. The molecule has 1 saturated carbocycles. The highest BCUT2D eigenvalue weighted by Gasteiger charge is 2.20. The lowest BCUT2D eigenvalue weighted by atomic mass is 9.84. The van der Waals surface area contributed by atoms with Crippen LogP contribution in [0.3, 0.4) is 0 Å². The quantitative estimate of drug-likeness (QED) is 0.846. The molecule has 4 nitrogen and oxygen atoms in total. The van der Waals surface area contributed by atoms with E-state index in [1.807, 2.05) is 24.3 Å². The number of ether oxygens (including phenoxy) is 1. The van der Waals surface area contributed by atoms with Gasteiger partial charge in [0.05, 0.1) is 19.3 Å². The summed E-state index contributed by atoms with van der Waals surface area (Å²) >= 11 is 0. The van der Waals surface area contributed by atoms with E-state index in [2.05, 4.69) is 17.6 Å². The summed E-state index contributed by atoms with van der Waals surface area (Å²) in [7, 11) is 1.61. The van der Waals surface area contributed by atoms with Crippen molar-refractivity contribution >= 4 is 11.6 Å². The van der Waals surface area contributed by atoms with E-state index in [1.165, 1.54) is 32.1 Å². The Morgan fingerprint density at radius 3 is 2.90 bits per heavy atom. The van der Waals surface area contributed by atoms with Crippen molar-refractivity contribution in [3.05, 3.63) is 24.3 Å². The van der Waals surface area contributed by atoms with Gasteiger partial charge in [0.25, 0.3) is 0 Å². The summed E-state index contributed by atoms with van der Waals surface area (Å²) in [6, 6.07) is 7.95. The second-order valence-electron chi connectivity index (χ2n) is 5.77. The van der Waals surface area contributed by atoms with E-state index in [0.717, 1.165) is 11.6 Å². The number of para-hydroxylation sites is 2. The summed E-state index contributed by atoms with van der Waals surface area (Å²) in [5.41, 5.74) is 0.724. The third-order valence-corrected chi connectivity index (χ3v) is 4.29. The monoisotopic (exact) mass is 290 g/mol. The maximum Gasteiger partial charge on any atom is 0.238 e. The van der Waals surface area contributed by atoms with Gasteiger partial charge in [-0.15, -0.1) is 0 Å². The summed E-state index contributed by atoms with van der Waals surface area (Å²) in [6.07, 6.45) is 6.22. The largest absolute Gasteiger partial charge is 0.495 e. The molecule has 0 radical (unpaired) electrons. The highest BCUT2D eigenvalue weighted by atomic mass is 16.5. The van der Waals surface area contributed by atoms with Gasteiger partial charge in [-0.2, -0.15) is 0 Å². The third-order valence-electron chi connectivity index (χ3n) is 4.29. The van der Waals surface area contributed by atoms with E-state index in [9.17, 15) is 4.79 Å². The summed E-state index contributed by atoms with van der Waals surface area (Å²) in [5.74, 6) is 1.49. The molecule has 0 bridgehead atoms. The van der Waals surface area contributed by atoms with Gasteiger partial charge in [0.15, 0.2) is 0 Å². The van der Waals surface area contributed by atoms with Gasteiger partial charge >= 0.3 is 0 Å². The topological polar surface area (TPSA) is 50.4 Å². The molecule has 2 N–H and O–H groups in total. The number of nitrogens with one attached hydrogen (secondary N) is 2. The van der Waals surface area contributed by atoms with Crippen LogP contribution in [-0.2, 0) is 4.79 Å². The molecule has 1 aliphatic carbocycles. The fourth-order valence-electron chi connectivity index (χ4n) is 3.03. The van der Waals surface area contributed by atoms with Crippen LogP contribution in [0.25, 0.3) is 0 Å². The Bertz CT molecular complexity index is 462. The van der Waals surface area contributed by atoms with Gasteiger partial charge in [-0.3, -0.25) is 4.79 Å². The first-order valence-corrected chi connectivity index (χ1v) is 7.89. The Kier molecular flexibility index (Phi) is 6.05. The Hall–Kier alpha value is -1.55. The number of carbonyl (C=O) groups excluding carboxylic acids is 1. The minimum atomic E-state index is -0.0156. The van der Waals surface area contributed by atoms with Crippen molar-refractivity contribution < 1.29 is 9.53 Å². The summed E-state index contributed by atoms with van der Waals surface area (Å²) in [5, 5.41) is 6.29. The van der Waals surface area contributed by atoms with E-state index in [0.29, 0.717) is 18.3 Å². The molecule has 2 unspecified atom stereocenters. The fourth-order valence-corrected chi connectivity index (χ4v) is 3.03. The van der Waals surface area contributed by atoms with Crippen LogP contribution in [0.4, 0.5) is 5.69 Å². The lowest BCUT2D eigenvalue weighted by molar-refractivity contribution is -0.115. The highest BCUT2D eigenvalue weighted by Crippen LogP contribution is 2.26. The molecule has 0 aliphatic heterocycles. The standard InChI is InChI=1S/C17H26N2O2/c1-3-13-7-6-8-14(11-13)18-12-17(20)19-15-9-4-5-10-16(15)21-2/h4-5,9-10,13-14,18H,3,6-8,11-12H2,1-2H3,(H,19,20). The molecule has 0 heterocycles. The van der Waals surface area contributed by atoms with Gasteiger partial charge < -0.3 is 15.4 Å². The van der Waals surface area contributed by atoms with E-state index >= 15 is 0 Å². The van der Waals surface area contributed by atoms with Crippen molar-refractivity contribution in [1.82, 2.24) is 5.32 Å². The molecule has 0 aromatic heterocycles. The van der Waals surface area contributed by atoms with Gasteiger partial charge in [0.2, 0.25) is 5.91 Å². The minimum Gasteiger partial charge on any atom is -0.495 e. The number of hydrogen-bond acceptors (Lipinski definition) is 3. The van der Waals surface area contributed by atoms with Crippen LogP contribution in [0.5, 0.6) is 5.75 Å². The molecule has 1 fully saturated rings. The number of hydrogen-bond donors (Lipinski definition) is 2. The second-order valence-corrected chi connectivity index (χ2v) is 5.77. The average Bonchev–Trinajstić information content (AvgIpc) is 2.53. The minimum absolute atomic E-state index is 0.0156. The summed E-state index contributed by atoms with van der Waals surface area (Å²) in [4.78, 5) is 12.0. The van der Waals surface area contributed by atoms with Crippen LogP contribution in [0.1, 0.15) is 39.0 Å². The predicted molar refractivity (Wildman–Crippen MR) is 85.7 cm³/mol. The first kappa shape index (κ1) is 15.8. The zero-order valence-corrected chi connectivity index (χ0v) is 13.0. The highest BCUT2D eigenvalue weighted by molar-refractivity contribution is 5.93. The fraction of sp³-hybridized carbons (Fsp3) is 0.588. The zero-order chi connectivity index (χ0) is 15.1. The van der Waals surface area contributed by atoms with Crippen LogP contribution < -0.4 is 15.4 Å². The van der Waals surface area contributed by atoms with Crippen molar-refractivity contribution in [2.45, 2.75) is 45.1 Å². The Morgan fingerprint density at radius 2 is 2.14 bits per heavy atom. The number of anilines is 1. The first-order valence-electron chi connectivity index (χ1n) is 7.89. The van der Waals surface area contributed by atoms with E-state index in [4.69, 9.17) is 4.74 Å². The van der Waals surface area contributed by atoms with Crippen molar-refractivity contribution in [3.8, 4) is 5.75 Å². The number of carbonyl (C=O) groups is 1. The van der Waals surface area contributed by atoms with Crippen LogP contribution in [0.15, 0.2) is 24.3 Å². The van der Waals surface area contributed by atoms with E-state index in [-0.39, 0.29) is 5.91 Å². The number of rotatable bonds is 6. The third kappa shape index (κ3) is 4.74. The lowest BCUT2D eigenvalue weighted by Crippen LogP contribution is -2.39. The normalized spacial score (nSPS) is 21.8. The molecule has 0 saturated heterocycles. The molecular weight excluding hydrogens is 264 g/mol. The van der Waals surface area contributed by atoms with Crippen LogP contribution in [0, 0.1) is 5.92 Å². The molecule has 2 rings (SSSR count). The Morgan fingerprint density at radius 1 is 1.33 bits per heavy atom. The molecule has 116 valence electrons. The lowest BCUT2D eigenvalue weighted by Gasteiger charge is -2.29. The van der Waals surface area contributed by atoms with Crippen LogP contribution in [-0.4, -0.2) is 25.6 Å². The molecule has 1 aromatic carbocycles. The van der Waals surface area contributed by atoms with Crippen molar-refractivity contribution in [3.63, 3.8) is 0 Å². The maximum atomic E-state index is 12.0. The molecular formula is C17H26N2O2. The predicted octanol–water partition coefficient (Wildman–Crippen LogP) is 3.19. The van der Waals surface area contributed by atoms with Gasteiger partial charge in [0.1, 0.15) is 5.75 Å². The van der Waals surface area contributed by atoms with Gasteiger partial charge in [-0.05, 0) is 30.9 Å². The SMILES string of the molecule is CCC1CCCC(NCC(=O)Nc2ccccc2OC)C1. The molecule has 1 amide bonds. The Labute approximate surface area is 127 Å². The molecule has 2 atom stereocenters. The van der Waals surface area contributed by atoms with Crippen molar-refractivity contribution in [2.75, 3.05) is 19.0 Å². The van der Waals surface area contributed by atoms with Crippen molar-refractivity contribution in [1.29, 1.82) is 0 Å². The smallest absolute Gasteiger partial charge is 0.238 e. The first-order chi connectivity index (χ1) is 10.2. The molecule has 1 aromatic rings. The van der Waals surface area contributed by atoms with E-state index in [1.54, 1.807) is 7.11 Å². The van der Waals surface area contributed by atoms with Gasteiger partial charge in [0, 0.05) is 6.04 Å². The van der Waals surface area contributed by atoms with E-state index < -0.39 is 0 Å². The van der Waals surface area contributed by atoms with Crippen LogP contribution >= 0.6 is 0 Å². The van der Waals surface area contributed by atoms with Gasteiger partial charge in [-0.1, -0.05) is 38.3 Å². The average molecular weight is 290 g/mol.